The first-order valence-corrected chi connectivity index (χ1v) is 11.8. The fourth-order valence-corrected chi connectivity index (χ4v) is 4.05. The van der Waals surface area contributed by atoms with E-state index in [1.54, 1.807) is 28.8 Å². The number of nitro benzene ring substituents is 1. The summed E-state index contributed by atoms with van der Waals surface area (Å²) in [6.45, 7) is 1.53. The van der Waals surface area contributed by atoms with E-state index in [0.717, 1.165) is 5.69 Å². The molecule has 0 unspecified atom stereocenters. The number of benzene rings is 3. The molecule has 0 spiro atoms. The van der Waals surface area contributed by atoms with Crippen molar-refractivity contribution in [3.8, 4) is 11.4 Å². The van der Waals surface area contributed by atoms with E-state index in [1.165, 1.54) is 43.0 Å². The van der Waals surface area contributed by atoms with Gasteiger partial charge in [-0.15, -0.1) is 10.2 Å². The maximum Gasteiger partial charge on any atom is 0.269 e. The predicted octanol–water partition coefficient (Wildman–Crippen LogP) is 4.69. The zero-order valence-corrected chi connectivity index (χ0v) is 20.0. The number of thioether (sulfide) groups is 1. The second-order valence-electron chi connectivity index (χ2n) is 7.58. The van der Waals surface area contributed by atoms with Crippen LogP contribution >= 0.6 is 11.8 Å². The van der Waals surface area contributed by atoms with Crippen molar-refractivity contribution in [1.29, 1.82) is 0 Å². The quantitative estimate of drug-likeness (QED) is 0.143. The Labute approximate surface area is 210 Å². The monoisotopic (exact) mass is 503 g/mol. The highest BCUT2D eigenvalue weighted by atomic mass is 32.2. The van der Waals surface area contributed by atoms with Gasteiger partial charge in [-0.1, -0.05) is 42.1 Å². The van der Waals surface area contributed by atoms with Crippen LogP contribution in [-0.2, 0) is 11.4 Å². The number of aromatic nitrogens is 3. The molecule has 1 amide bonds. The number of para-hydroxylation sites is 1. The number of non-ortho nitro benzene ring substituents is 1. The van der Waals surface area contributed by atoms with Crippen LogP contribution in [0.15, 0.2) is 84.0 Å². The third-order valence-electron chi connectivity index (χ3n) is 5.02. The number of hydrogen-bond donors (Lipinski definition) is 1. The van der Waals surface area contributed by atoms with Gasteiger partial charge in [-0.2, -0.15) is 0 Å². The maximum absolute atomic E-state index is 12.6. The Morgan fingerprint density at radius 3 is 2.47 bits per heavy atom. The van der Waals surface area contributed by atoms with Gasteiger partial charge in [0.1, 0.15) is 12.4 Å². The van der Waals surface area contributed by atoms with E-state index in [-0.39, 0.29) is 29.7 Å². The van der Waals surface area contributed by atoms with Crippen molar-refractivity contribution < 1.29 is 19.2 Å². The van der Waals surface area contributed by atoms with Crippen LogP contribution in [0.5, 0.6) is 5.75 Å². The molecule has 11 heteroatoms. The largest absolute Gasteiger partial charge is 0.486 e. The molecule has 0 aliphatic rings. The third kappa shape index (κ3) is 6.13. The summed E-state index contributed by atoms with van der Waals surface area (Å²) in [6.07, 6.45) is 0. The molecular formula is C25H21N5O5S. The van der Waals surface area contributed by atoms with E-state index >= 15 is 0 Å². The van der Waals surface area contributed by atoms with Crippen molar-refractivity contribution >= 4 is 34.8 Å². The first-order chi connectivity index (χ1) is 17.4. The highest BCUT2D eigenvalue weighted by Gasteiger charge is 2.17. The molecule has 0 saturated carbocycles. The number of anilines is 1. The lowest BCUT2D eigenvalue weighted by molar-refractivity contribution is -0.384. The van der Waals surface area contributed by atoms with Crippen LogP contribution in [0.2, 0.25) is 0 Å². The Morgan fingerprint density at radius 2 is 1.78 bits per heavy atom. The van der Waals surface area contributed by atoms with E-state index in [0.29, 0.717) is 28.0 Å². The lowest BCUT2D eigenvalue weighted by atomic mass is 10.1. The van der Waals surface area contributed by atoms with Gasteiger partial charge in [0, 0.05) is 29.1 Å². The molecule has 0 aliphatic carbocycles. The van der Waals surface area contributed by atoms with Gasteiger partial charge in [0.25, 0.3) is 5.69 Å². The number of rotatable bonds is 10. The molecule has 4 aromatic rings. The van der Waals surface area contributed by atoms with E-state index < -0.39 is 4.92 Å². The van der Waals surface area contributed by atoms with Crippen LogP contribution in [0.3, 0.4) is 0 Å². The fourth-order valence-electron chi connectivity index (χ4n) is 3.28. The summed E-state index contributed by atoms with van der Waals surface area (Å²) in [4.78, 5) is 34.5. The number of ketones is 1. The fraction of sp³-hybridized carbons (Fsp3) is 0.120. The number of Topliss-reactive ketones (excluding diaryl/α,β-unsaturated/α-hetero) is 1. The Hall–Kier alpha value is -4.51. The maximum atomic E-state index is 12.6. The zero-order valence-electron chi connectivity index (χ0n) is 19.2. The average molecular weight is 504 g/mol. The summed E-state index contributed by atoms with van der Waals surface area (Å²) in [5.74, 6) is 0.673. The van der Waals surface area contributed by atoms with Crippen molar-refractivity contribution in [3.05, 3.63) is 100 Å². The van der Waals surface area contributed by atoms with Crippen molar-refractivity contribution in [1.82, 2.24) is 14.8 Å². The molecule has 0 atom stereocenters. The Balaban J connectivity index is 1.47. The first kappa shape index (κ1) is 24.6. The van der Waals surface area contributed by atoms with E-state index in [1.807, 2.05) is 30.3 Å². The minimum Gasteiger partial charge on any atom is -0.486 e. The van der Waals surface area contributed by atoms with Crippen LogP contribution in [0.25, 0.3) is 5.69 Å². The summed E-state index contributed by atoms with van der Waals surface area (Å²) in [5.41, 5.74) is 1.82. The smallest absolute Gasteiger partial charge is 0.269 e. The van der Waals surface area contributed by atoms with Crippen molar-refractivity contribution in [2.24, 2.45) is 0 Å². The average Bonchev–Trinajstić information content (AvgIpc) is 3.30. The standard InChI is InChI=1S/C25H21N5O5S/c1-17(31)18-6-5-7-19(14-18)26-24(32)16-36-25-28-27-23(29(25)20-8-3-2-4-9-20)15-35-22-12-10-21(11-13-22)30(33)34/h2-14H,15-16H2,1H3,(H,26,32). The van der Waals surface area contributed by atoms with Gasteiger partial charge >= 0.3 is 0 Å². The van der Waals surface area contributed by atoms with E-state index in [4.69, 9.17) is 4.74 Å². The number of nitrogens with zero attached hydrogens (tertiary/aromatic N) is 4. The van der Waals surface area contributed by atoms with Gasteiger partial charge in [-0.3, -0.25) is 24.3 Å². The molecule has 10 nitrogen and oxygen atoms in total. The molecule has 0 radical (unpaired) electrons. The van der Waals surface area contributed by atoms with Crippen LogP contribution in [0.4, 0.5) is 11.4 Å². The number of hydrogen-bond acceptors (Lipinski definition) is 8. The first-order valence-electron chi connectivity index (χ1n) is 10.8. The summed E-state index contributed by atoms with van der Waals surface area (Å²) >= 11 is 1.21. The van der Waals surface area contributed by atoms with Crippen molar-refractivity contribution in [2.75, 3.05) is 11.1 Å². The molecule has 0 aliphatic heterocycles. The highest BCUT2D eigenvalue weighted by Crippen LogP contribution is 2.24. The van der Waals surface area contributed by atoms with Gasteiger partial charge in [0.15, 0.2) is 16.8 Å². The SMILES string of the molecule is CC(=O)c1cccc(NC(=O)CSc2nnc(COc3ccc([N+](=O)[O-])cc3)n2-c2ccccc2)c1. The van der Waals surface area contributed by atoms with Crippen molar-refractivity contribution in [2.45, 2.75) is 18.7 Å². The molecule has 1 aromatic heterocycles. The second-order valence-corrected chi connectivity index (χ2v) is 8.53. The summed E-state index contributed by atoms with van der Waals surface area (Å²) in [6, 6.07) is 21.9. The molecule has 0 bridgehead atoms. The third-order valence-corrected chi connectivity index (χ3v) is 5.94. The highest BCUT2D eigenvalue weighted by molar-refractivity contribution is 7.99. The molecule has 36 heavy (non-hydrogen) atoms. The molecule has 0 fully saturated rings. The van der Waals surface area contributed by atoms with Crippen LogP contribution in [0.1, 0.15) is 23.1 Å². The zero-order chi connectivity index (χ0) is 25.5. The second kappa shape index (κ2) is 11.3. The summed E-state index contributed by atoms with van der Waals surface area (Å²) in [5, 5.41) is 22.6. The summed E-state index contributed by atoms with van der Waals surface area (Å²) < 4.78 is 7.57. The molecule has 3 aromatic carbocycles. The van der Waals surface area contributed by atoms with Crippen LogP contribution in [0, 0.1) is 10.1 Å². The number of carbonyl (C=O) groups is 2. The Morgan fingerprint density at radius 1 is 1.03 bits per heavy atom. The van der Waals surface area contributed by atoms with E-state index in [2.05, 4.69) is 15.5 Å². The molecule has 1 heterocycles. The van der Waals surface area contributed by atoms with Gasteiger partial charge in [0.05, 0.1) is 10.7 Å². The van der Waals surface area contributed by atoms with Gasteiger partial charge in [-0.05, 0) is 43.3 Å². The topological polar surface area (TPSA) is 129 Å². The lowest BCUT2D eigenvalue weighted by Gasteiger charge is -2.11. The number of amides is 1. The predicted molar refractivity (Wildman–Crippen MR) is 135 cm³/mol. The molecule has 1 N–H and O–H groups in total. The number of nitro groups is 1. The molecule has 182 valence electrons. The molecule has 0 saturated heterocycles. The van der Waals surface area contributed by atoms with Crippen LogP contribution in [-0.4, -0.2) is 37.1 Å². The van der Waals surface area contributed by atoms with Gasteiger partial charge < -0.3 is 10.1 Å². The lowest BCUT2D eigenvalue weighted by Crippen LogP contribution is -2.15. The van der Waals surface area contributed by atoms with E-state index in [9.17, 15) is 19.7 Å². The Kier molecular flexibility index (Phi) is 7.71. The minimum atomic E-state index is -0.477. The molecular weight excluding hydrogens is 482 g/mol. The normalized spacial score (nSPS) is 10.6. The number of nitrogens with one attached hydrogen (secondary N) is 1. The Bertz CT molecular complexity index is 1390. The van der Waals surface area contributed by atoms with Crippen LogP contribution < -0.4 is 10.1 Å². The minimum absolute atomic E-state index is 0.0280. The van der Waals surface area contributed by atoms with Gasteiger partial charge in [0.2, 0.25) is 5.91 Å². The molecule has 4 rings (SSSR count). The number of ether oxygens (including phenoxy) is 1. The number of carbonyl (C=O) groups excluding carboxylic acids is 2. The van der Waals surface area contributed by atoms with Gasteiger partial charge in [-0.25, -0.2) is 0 Å². The summed E-state index contributed by atoms with van der Waals surface area (Å²) in [7, 11) is 0. The van der Waals surface area contributed by atoms with Crippen molar-refractivity contribution in [3.63, 3.8) is 0 Å².